The second kappa shape index (κ2) is 7.23. The highest BCUT2D eigenvalue weighted by Gasteiger charge is 2.31. The Morgan fingerprint density at radius 3 is 2.92 bits per heavy atom. The highest BCUT2D eigenvalue weighted by Crippen LogP contribution is 2.19. The van der Waals surface area contributed by atoms with E-state index in [1.165, 1.54) is 5.56 Å². The van der Waals surface area contributed by atoms with Crippen LogP contribution in [0, 0.1) is 0 Å². The van der Waals surface area contributed by atoms with Gasteiger partial charge in [-0.2, -0.15) is 4.98 Å². The number of urea groups is 1. The molecule has 7 nitrogen and oxygen atoms in total. The van der Waals surface area contributed by atoms with Crippen molar-refractivity contribution in [2.24, 2.45) is 0 Å². The number of nitrogens with one attached hydrogen (secondary N) is 1. The van der Waals surface area contributed by atoms with Gasteiger partial charge in [-0.25, -0.2) is 4.79 Å². The Labute approximate surface area is 147 Å². The van der Waals surface area contributed by atoms with E-state index in [2.05, 4.69) is 32.5 Å². The Bertz CT molecular complexity index is 717. The fourth-order valence-electron chi connectivity index (χ4n) is 3.66. The second-order valence-corrected chi connectivity index (χ2v) is 6.72. The molecule has 2 fully saturated rings. The van der Waals surface area contributed by atoms with Crippen LogP contribution in [0.25, 0.3) is 0 Å². The lowest BCUT2D eigenvalue weighted by Crippen LogP contribution is -2.48. The molecule has 1 aromatic carbocycles. The van der Waals surface area contributed by atoms with Crippen molar-refractivity contribution in [3.05, 3.63) is 47.6 Å². The fraction of sp³-hybridized carbons (Fsp3) is 0.500. The van der Waals surface area contributed by atoms with Crippen molar-refractivity contribution >= 4 is 6.03 Å². The summed E-state index contributed by atoms with van der Waals surface area (Å²) in [7, 11) is 0. The molecule has 0 spiro atoms. The lowest BCUT2D eigenvalue weighted by Gasteiger charge is -2.36. The third-order valence-corrected chi connectivity index (χ3v) is 4.89. The summed E-state index contributed by atoms with van der Waals surface area (Å²) in [5.74, 6) is 1.37. The molecule has 2 aliphatic rings. The molecular formula is C18H23N5O2. The Balaban J connectivity index is 1.35. The van der Waals surface area contributed by atoms with Gasteiger partial charge in [-0.1, -0.05) is 35.5 Å². The van der Waals surface area contributed by atoms with Crippen LogP contribution in [-0.2, 0) is 13.0 Å². The number of likely N-dealkylation sites (tertiary alicyclic amines) is 1. The quantitative estimate of drug-likeness (QED) is 0.895. The molecule has 0 radical (unpaired) electrons. The number of piperidine rings is 1. The molecule has 2 saturated heterocycles. The third kappa shape index (κ3) is 3.82. The van der Waals surface area contributed by atoms with Gasteiger partial charge in [-0.15, -0.1) is 0 Å². The highest BCUT2D eigenvalue weighted by atomic mass is 16.5. The summed E-state index contributed by atoms with van der Waals surface area (Å²) in [6, 6.07) is 10.5. The van der Waals surface area contributed by atoms with Crippen LogP contribution in [0.5, 0.6) is 0 Å². The molecule has 1 N–H and O–H groups in total. The van der Waals surface area contributed by atoms with E-state index < -0.39 is 0 Å². The van der Waals surface area contributed by atoms with E-state index >= 15 is 0 Å². The van der Waals surface area contributed by atoms with Gasteiger partial charge in [0.05, 0.1) is 6.54 Å². The van der Waals surface area contributed by atoms with E-state index in [-0.39, 0.29) is 12.1 Å². The van der Waals surface area contributed by atoms with E-state index in [0.29, 0.717) is 24.7 Å². The number of benzene rings is 1. The van der Waals surface area contributed by atoms with Crippen molar-refractivity contribution in [2.75, 3.05) is 26.2 Å². The van der Waals surface area contributed by atoms with Crippen LogP contribution in [0.1, 0.15) is 30.1 Å². The van der Waals surface area contributed by atoms with Gasteiger partial charge < -0.3 is 14.7 Å². The van der Waals surface area contributed by atoms with Crippen molar-refractivity contribution in [1.82, 2.24) is 25.3 Å². The summed E-state index contributed by atoms with van der Waals surface area (Å²) >= 11 is 0. The summed E-state index contributed by atoms with van der Waals surface area (Å²) in [4.78, 5) is 20.7. The molecular weight excluding hydrogens is 318 g/mol. The SMILES string of the molecule is O=C1NCCN1C1CCCN(Cc2nc(Cc3ccccc3)no2)C1. The number of amides is 2. The first-order valence-corrected chi connectivity index (χ1v) is 8.90. The summed E-state index contributed by atoms with van der Waals surface area (Å²) in [6.07, 6.45) is 2.83. The van der Waals surface area contributed by atoms with Gasteiger partial charge >= 0.3 is 6.03 Å². The summed E-state index contributed by atoms with van der Waals surface area (Å²) in [5, 5.41) is 6.98. The fourth-order valence-corrected chi connectivity index (χ4v) is 3.66. The maximum absolute atomic E-state index is 11.9. The first-order valence-electron chi connectivity index (χ1n) is 8.90. The lowest BCUT2D eigenvalue weighted by molar-refractivity contribution is 0.113. The topological polar surface area (TPSA) is 74.5 Å². The minimum atomic E-state index is 0.0646. The minimum absolute atomic E-state index is 0.0646. The number of rotatable bonds is 5. The minimum Gasteiger partial charge on any atom is -0.338 e. The van der Waals surface area contributed by atoms with Gasteiger partial charge in [-0.05, 0) is 24.9 Å². The highest BCUT2D eigenvalue weighted by molar-refractivity contribution is 5.76. The Hall–Kier alpha value is -2.41. The molecule has 0 aliphatic carbocycles. The molecule has 0 saturated carbocycles. The molecule has 1 unspecified atom stereocenters. The predicted molar refractivity (Wildman–Crippen MR) is 91.9 cm³/mol. The average molecular weight is 341 g/mol. The van der Waals surface area contributed by atoms with Crippen molar-refractivity contribution in [1.29, 1.82) is 0 Å². The monoisotopic (exact) mass is 341 g/mol. The van der Waals surface area contributed by atoms with Crippen molar-refractivity contribution in [3.8, 4) is 0 Å². The Kier molecular flexibility index (Phi) is 4.65. The first-order chi connectivity index (χ1) is 12.3. The zero-order chi connectivity index (χ0) is 17.1. The maximum atomic E-state index is 11.9. The maximum Gasteiger partial charge on any atom is 0.317 e. The molecule has 2 aliphatic heterocycles. The van der Waals surface area contributed by atoms with Gasteiger partial charge in [0.15, 0.2) is 5.82 Å². The number of aromatic nitrogens is 2. The summed E-state index contributed by atoms with van der Waals surface area (Å²) in [5.41, 5.74) is 1.17. The van der Waals surface area contributed by atoms with Crippen molar-refractivity contribution in [2.45, 2.75) is 31.8 Å². The normalized spacial score (nSPS) is 21.5. The molecule has 1 aromatic heterocycles. The van der Waals surface area contributed by atoms with E-state index in [9.17, 15) is 4.79 Å². The summed E-state index contributed by atoms with van der Waals surface area (Å²) < 4.78 is 5.43. The van der Waals surface area contributed by atoms with Gasteiger partial charge in [0, 0.05) is 32.1 Å². The number of carbonyl (C=O) groups excluding carboxylic acids is 1. The molecule has 2 amide bonds. The van der Waals surface area contributed by atoms with Crippen LogP contribution >= 0.6 is 0 Å². The van der Waals surface area contributed by atoms with Crippen LogP contribution in [-0.4, -0.2) is 58.2 Å². The third-order valence-electron chi connectivity index (χ3n) is 4.89. The van der Waals surface area contributed by atoms with Gasteiger partial charge in [-0.3, -0.25) is 4.90 Å². The van der Waals surface area contributed by atoms with Crippen LogP contribution in [0.4, 0.5) is 4.79 Å². The number of nitrogens with zero attached hydrogens (tertiary/aromatic N) is 4. The number of hydrogen-bond acceptors (Lipinski definition) is 5. The zero-order valence-corrected chi connectivity index (χ0v) is 14.2. The summed E-state index contributed by atoms with van der Waals surface area (Å²) in [6.45, 7) is 4.07. The van der Waals surface area contributed by atoms with Crippen molar-refractivity contribution < 1.29 is 9.32 Å². The number of carbonyl (C=O) groups is 1. The molecule has 1 atom stereocenters. The first kappa shape index (κ1) is 16.1. The standard InChI is InChI=1S/C18H23N5O2/c24-18-19-8-10-23(18)15-7-4-9-22(12-15)13-17-20-16(21-25-17)11-14-5-2-1-3-6-14/h1-3,5-6,15H,4,7-13H2,(H,19,24). The Morgan fingerprint density at radius 2 is 2.12 bits per heavy atom. The molecule has 132 valence electrons. The van der Waals surface area contributed by atoms with Crippen molar-refractivity contribution in [3.63, 3.8) is 0 Å². The lowest BCUT2D eigenvalue weighted by atomic mass is 10.0. The van der Waals surface area contributed by atoms with E-state index in [1.807, 2.05) is 23.1 Å². The molecule has 2 aromatic rings. The largest absolute Gasteiger partial charge is 0.338 e. The van der Waals surface area contributed by atoms with Crippen LogP contribution in [0.3, 0.4) is 0 Å². The van der Waals surface area contributed by atoms with Crippen LogP contribution in [0.2, 0.25) is 0 Å². The second-order valence-electron chi connectivity index (χ2n) is 6.72. The van der Waals surface area contributed by atoms with E-state index in [0.717, 1.165) is 39.0 Å². The van der Waals surface area contributed by atoms with Gasteiger partial charge in [0.1, 0.15) is 0 Å². The van der Waals surface area contributed by atoms with Gasteiger partial charge in [0.25, 0.3) is 0 Å². The zero-order valence-electron chi connectivity index (χ0n) is 14.2. The molecule has 4 rings (SSSR count). The smallest absolute Gasteiger partial charge is 0.317 e. The average Bonchev–Trinajstić information content (AvgIpc) is 3.25. The number of hydrogen-bond donors (Lipinski definition) is 1. The molecule has 3 heterocycles. The predicted octanol–water partition coefficient (Wildman–Crippen LogP) is 1.65. The molecule has 7 heteroatoms. The molecule has 25 heavy (non-hydrogen) atoms. The van der Waals surface area contributed by atoms with E-state index in [4.69, 9.17) is 4.52 Å². The van der Waals surface area contributed by atoms with Crippen LogP contribution < -0.4 is 5.32 Å². The van der Waals surface area contributed by atoms with E-state index in [1.54, 1.807) is 0 Å². The van der Waals surface area contributed by atoms with Gasteiger partial charge in [0.2, 0.25) is 5.89 Å². The van der Waals surface area contributed by atoms with Crippen LogP contribution in [0.15, 0.2) is 34.9 Å². The molecule has 0 bridgehead atoms. The Morgan fingerprint density at radius 1 is 1.24 bits per heavy atom.